The van der Waals surface area contributed by atoms with E-state index < -0.39 is 0 Å². The summed E-state index contributed by atoms with van der Waals surface area (Å²) in [7, 11) is 0. The molecule has 8 nitrogen and oxygen atoms in total. The van der Waals surface area contributed by atoms with E-state index in [-0.39, 0.29) is 11.9 Å². The fraction of sp³-hybridized carbons (Fsp3) is 0.375. The lowest BCUT2D eigenvalue weighted by atomic mass is 10.1. The van der Waals surface area contributed by atoms with Crippen molar-refractivity contribution in [3.8, 4) is 0 Å². The Bertz CT molecular complexity index is 879. The highest BCUT2D eigenvalue weighted by Crippen LogP contribution is 2.17. The van der Waals surface area contributed by atoms with Crippen molar-refractivity contribution in [3.63, 3.8) is 0 Å². The van der Waals surface area contributed by atoms with E-state index in [4.69, 9.17) is 0 Å². The van der Waals surface area contributed by atoms with E-state index in [9.17, 15) is 4.79 Å². The predicted molar refractivity (Wildman–Crippen MR) is 96.1 cm³/mol. The van der Waals surface area contributed by atoms with Crippen LogP contribution in [0.5, 0.6) is 0 Å². The highest BCUT2D eigenvalue weighted by atomic mass is 79.9. The fourth-order valence-electron chi connectivity index (χ4n) is 2.68. The third-order valence-electron chi connectivity index (χ3n) is 4.02. The number of carbonyl (C=O) groups excluding carboxylic acids is 1. The highest BCUT2D eigenvalue weighted by Gasteiger charge is 2.17. The fourth-order valence-corrected chi connectivity index (χ4v) is 3.01. The Labute approximate surface area is 154 Å². The van der Waals surface area contributed by atoms with Gasteiger partial charge in [-0.25, -0.2) is 4.68 Å². The van der Waals surface area contributed by atoms with Crippen molar-refractivity contribution in [1.82, 2.24) is 34.7 Å². The second kappa shape index (κ2) is 7.22. The molecule has 0 aliphatic carbocycles. The first-order chi connectivity index (χ1) is 12.0. The van der Waals surface area contributed by atoms with Crippen LogP contribution in [0.25, 0.3) is 0 Å². The van der Waals surface area contributed by atoms with Crippen LogP contribution in [0.1, 0.15) is 41.6 Å². The molecule has 1 unspecified atom stereocenters. The van der Waals surface area contributed by atoms with Gasteiger partial charge in [-0.1, -0.05) is 0 Å². The molecule has 0 aliphatic rings. The first-order valence-electron chi connectivity index (χ1n) is 8.02. The highest BCUT2D eigenvalue weighted by molar-refractivity contribution is 9.10. The Morgan fingerprint density at radius 3 is 2.76 bits per heavy atom. The summed E-state index contributed by atoms with van der Waals surface area (Å²) in [5, 5.41) is 15.8. The van der Waals surface area contributed by atoms with Crippen LogP contribution in [-0.4, -0.2) is 35.2 Å². The lowest BCUT2D eigenvalue weighted by Crippen LogP contribution is -2.27. The first kappa shape index (κ1) is 17.4. The summed E-state index contributed by atoms with van der Waals surface area (Å²) in [5.41, 5.74) is 2.44. The number of halogens is 1. The Balaban J connectivity index is 1.66. The minimum absolute atomic E-state index is 0.139. The second-order valence-electron chi connectivity index (χ2n) is 5.78. The smallest absolute Gasteiger partial charge is 0.272 e. The standard InChI is InChI=1S/C16H20BrN7O/c1-4-24-12(3)14(8-19-24)11(2)20-16(25)15-5-6-22(21-15)10-23-9-13(17)7-18-23/h5-9,11H,4,10H2,1-3H3,(H,20,25). The molecule has 25 heavy (non-hydrogen) atoms. The van der Waals surface area contributed by atoms with E-state index in [2.05, 4.69) is 36.5 Å². The third-order valence-corrected chi connectivity index (χ3v) is 4.43. The molecule has 0 aliphatic heterocycles. The summed E-state index contributed by atoms with van der Waals surface area (Å²) in [6, 6.07) is 1.56. The molecule has 9 heteroatoms. The van der Waals surface area contributed by atoms with Crippen molar-refractivity contribution in [1.29, 1.82) is 0 Å². The molecule has 0 radical (unpaired) electrons. The van der Waals surface area contributed by atoms with Crippen molar-refractivity contribution in [2.75, 3.05) is 0 Å². The predicted octanol–water partition coefficient (Wildman–Crippen LogP) is 2.36. The minimum Gasteiger partial charge on any atom is -0.344 e. The Morgan fingerprint density at radius 2 is 2.12 bits per heavy atom. The zero-order valence-corrected chi connectivity index (χ0v) is 15.9. The van der Waals surface area contributed by atoms with Crippen LogP contribution < -0.4 is 5.32 Å². The molecule has 0 saturated carbocycles. The van der Waals surface area contributed by atoms with E-state index in [0.717, 1.165) is 22.3 Å². The van der Waals surface area contributed by atoms with Crippen LogP contribution >= 0.6 is 15.9 Å². The van der Waals surface area contributed by atoms with Crippen LogP contribution in [0, 0.1) is 6.92 Å². The molecule has 0 fully saturated rings. The van der Waals surface area contributed by atoms with Crippen molar-refractivity contribution in [2.24, 2.45) is 0 Å². The van der Waals surface area contributed by atoms with Crippen LogP contribution in [0.3, 0.4) is 0 Å². The van der Waals surface area contributed by atoms with Gasteiger partial charge in [0.25, 0.3) is 5.91 Å². The summed E-state index contributed by atoms with van der Waals surface area (Å²) in [6.45, 7) is 7.24. The molecule has 1 amide bonds. The average Bonchev–Trinajstić information content (AvgIpc) is 3.28. The third kappa shape index (κ3) is 3.81. The number of nitrogens with zero attached hydrogens (tertiary/aromatic N) is 6. The quantitative estimate of drug-likeness (QED) is 0.682. The van der Waals surface area contributed by atoms with Gasteiger partial charge in [-0.05, 0) is 42.8 Å². The molecule has 3 rings (SSSR count). The first-order valence-corrected chi connectivity index (χ1v) is 8.81. The van der Waals surface area contributed by atoms with E-state index in [1.807, 2.05) is 31.6 Å². The average molecular weight is 406 g/mol. The summed E-state index contributed by atoms with van der Waals surface area (Å²) >= 11 is 3.35. The van der Waals surface area contributed by atoms with Crippen LogP contribution in [0.4, 0.5) is 0 Å². The SMILES string of the molecule is CCn1ncc(C(C)NC(=O)c2ccn(Cn3cc(Br)cn3)n2)c1C. The van der Waals surface area contributed by atoms with Gasteiger partial charge in [0.1, 0.15) is 12.4 Å². The van der Waals surface area contributed by atoms with Crippen LogP contribution in [-0.2, 0) is 13.2 Å². The number of carbonyl (C=O) groups is 1. The van der Waals surface area contributed by atoms with E-state index in [1.54, 1.807) is 34.0 Å². The second-order valence-corrected chi connectivity index (χ2v) is 6.69. The number of hydrogen-bond acceptors (Lipinski definition) is 4. The minimum atomic E-state index is -0.212. The molecule has 132 valence electrons. The molecule has 3 heterocycles. The van der Waals surface area contributed by atoms with Gasteiger partial charge in [-0.2, -0.15) is 15.3 Å². The summed E-state index contributed by atoms with van der Waals surface area (Å²) in [6.07, 6.45) is 7.11. The number of rotatable bonds is 6. The molecule has 1 atom stereocenters. The van der Waals surface area contributed by atoms with Gasteiger partial charge in [-0.15, -0.1) is 0 Å². The molecule has 3 aromatic heterocycles. The maximum absolute atomic E-state index is 12.4. The zero-order valence-electron chi connectivity index (χ0n) is 14.3. The monoisotopic (exact) mass is 405 g/mol. The molecule has 0 bridgehead atoms. The maximum Gasteiger partial charge on any atom is 0.272 e. The summed E-state index contributed by atoms with van der Waals surface area (Å²) in [5.74, 6) is -0.212. The number of aromatic nitrogens is 6. The lowest BCUT2D eigenvalue weighted by Gasteiger charge is -2.13. The number of amides is 1. The number of hydrogen-bond donors (Lipinski definition) is 1. The van der Waals surface area contributed by atoms with Gasteiger partial charge < -0.3 is 5.32 Å². The van der Waals surface area contributed by atoms with Gasteiger partial charge in [0.15, 0.2) is 0 Å². The van der Waals surface area contributed by atoms with Gasteiger partial charge in [0.05, 0.1) is 22.9 Å². The molecular formula is C16H20BrN7O. The lowest BCUT2D eigenvalue weighted by molar-refractivity contribution is 0.0933. The van der Waals surface area contributed by atoms with Gasteiger partial charge in [0.2, 0.25) is 0 Å². The Kier molecular flexibility index (Phi) is 5.03. The van der Waals surface area contributed by atoms with Crippen molar-refractivity contribution < 1.29 is 4.79 Å². The van der Waals surface area contributed by atoms with Crippen molar-refractivity contribution in [2.45, 2.75) is 40.0 Å². The van der Waals surface area contributed by atoms with Gasteiger partial charge in [0, 0.05) is 30.2 Å². The summed E-state index contributed by atoms with van der Waals surface area (Å²) < 4.78 is 6.20. The van der Waals surface area contributed by atoms with E-state index in [0.29, 0.717) is 12.4 Å². The largest absolute Gasteiger partial charge is 0.344 e. The molecule has 3 aromatic rings. The topological polar surface area (TPSA) is 82.6 Å². The summed E-state index contributed by atoms with van der Waals surface area (Å²) in [4.78, 5) is 12.4. The van der Waals surface area contributed by atoms with Gasteiger partial charge >= 0.3 is 0 Å². The zero-order chi connectivity index (χ0) is 18.0. The van der Waals surface area contributed by atoms with Crippen molar-refractivity contribution >= 4 is 21.8 Å². The van der Waals surface area contributed by atoms with Crippen LogP contribution in [0.2, 0.25) is 0 Å². The number of aryl methyl sites for hydroxylation is 1. The number of nitrogens with one attached hydrogen (secondary N) is 1. The molecule has 1 N–H and O–H groups in total. The Morgan fingerprint density at radius 1 is 1.32 bits per heavy atom. The molecular weight excluding hydrogens is 386 g/mol. The maximum atomic E-state index is 12.4. The molecule has 0 aromatic carbocycles. The van der Waals surface area contributed by atoms with Crippen LogP contribution in [0.15, 0.2) is 35.3 Å². The Hall–Kier alpha value is -2.42. The van der Waals surface area contributed by atoms with Crippen molar-refractivity contribution in [3.05, 3.63) is 52.3 Å². The van der Waals surface area contributed by atoms with Gasteiger partial charge in [-0.3, -0.25) is 14.2 Å². The molecule has 0 spiro atoms. The normalized spacial score (nSPS) is 12.3. The van der Waals surface area contributed by atoms with E-state index >= 15 is 0 Å². The van der Waals surface area contributed by atoms with E-state index in [1.165, 1.54) is 0 Å². The molecule has 0 saturated heterocycles.